The Hall–Kier alpha value is -5.05. The number of aromatic nitrogens is 2. The number of amides is 1. The summed E-state index contributed by atoms with van der Waals surface area (Å²) < 4.78 is 11.7. The van der Waals surface area contributed by atoms with Crippen molar-refractivity contribution in [3.8, 4) is 0 Å². The zero-order valence-electron chi connectivity index (χ0n) is 18.8. The number of hydrogen-bond donors (Lipinski definition) is 1. The summed E-state index contributed by atoms with van der Waals surface area (Å²) in [5, 5.41) is 3.29. The van der Waals surface area contributed by atoms with Crippen LogP contribution in [-0.2, 0) is 20.9 Å². The van der Waals surface area contributed by atoms with E-state index >= 15 is 0 Å². The van der Waals surface area contributed by atoms with Crippen molar-refractivity contribution >= 4 is 45.4 Å². The Labute approximate surface area is 203 Å². The van der Waals surface area contributed by atoms with Crippen molar-refractivity contribution in [2.45, 2.75) is 6.54 Å². The van der Waals surface area contributed by atoms with E-state index in [1.807, 2.05) is 6.07 Å². The second-order valence-electron chi connectivity index (χ2n) is 7.90. The standard InChI is InChI=1S/C27H19N3O6/c31-22(29-20-12-6-4-10-18(20)25(33)17-8-2-1-3-9-17)15-35-23(32)14-30-16-28-24-19-11-5-7-13-21(19)36-26(24)27(30)34/h1-13,16H,14-15H2,(H,29,31). The highest BCUT2D eigenvalue weighted by atomic mass is 16.5. The first-order valence-electron chi connectivity index (χ1n) is 11.0. The molecule has 0 unspecified atom stereocenters. The molecule has 1 N–H and O–H groups in total. The summed E-state index contributed by atoms with van der Waals surface area (Å²) in [6.45, 7) is -1.04. The number of benzene rings is 3. The van der Waals surface area contributed by atoms with Crippen LogP contribution in [0.3, 0.4) is 0 Å². The molecule has 9 nitrogen and oxygen atoms in total. The second-order valence-corrected chi connectivity index (χ2v) is 7.90. The number of nitrogens with zero attached hydrogens (tertiary/aromatic N) is 2. The lowest BCUT2D eigenvalue weighted by Gasteiger charge is -2.11. The van der Waals surface area contributed by atoms with Crippen molar-refractivity contribution in [1.82, 2.24) is 9.55 Å². The van der Waals surface area contributed by atoms with Gasteiger partial charge < -0.3 is 14.5 Å². The van der Waals surface area contributed by atoms with Crippen molar-refractivity contribution in [2.75, 3.05) is 11.9 Å². The Bertz CT molecular complexity index is 1670. The minimum Gasteiger partial charge on any atom is -0.454 e. The number of rotatable bonds is 7. The zero-order chi connectivity index (χ0) is 25.1. The number of anilines is 1. The summed E-state index contributed by atoms with van der Waals surface area (Å²) in [7, 11) is 0. The minimum atomic E-state index is -0.807. The van der Waals surface area contributed by atoms with E-state index in [9.17, 15) is 19.2 Å². The van der Waals surface area contributed by atoms with Gasteiger partial charge in [0.1, 0.15) is 17.6 Å². The number of carbonyl (C=O) groups is 3. The average molecular weight is 481 g/mol. The quantitative estimate of drug-likeness (QED) is 0.279. The molecular formula is C27H19N3O6. The van der Waals surface area contributed by atoms with Crippen LogP contribution in [0.4, 0.5) is 5.69 Å². The number of nitrogens with one attached hydrogen (secondary N) is 1. The lowest BCUT2D eigenvalue weighted by molar-refractivity contribution is -0.147. The van der Waals surface area contributed by atoms with Crippen molar-refractivity contribution in [2.24, 2.45) is 0 Å². The molecule has 0 aliphatic rings. The fourth-order valence-corrected chi connectivity index (χ4v) is 3.78. The van der Waals surface area contributed by atoms with Crippen LogP contribution < -0.4 is 10.9 Å². The highest BCUT2D eigenvalue weighted by Gasteiger charge is 2.17. The SMILES string of the molecule is O=C(COC(=O)Cn1cnc2c(oc3ccccc32)c1=O)Nc1ccccc1C(=O)c1ccccc1. The van der Waals surface area contributed by atoms with E-state index in [0.717, 1.165) is 4.57 Å². The van der Waals surface area contributed by atoms with E-state index in [0.29, 0.717) is 33.3 Å². The molecule has 0 atom stereocenters. The molecule has 2 aromatic heterocycles. The monoisotopic (exact) mass is 481 g/mol. The fraction of sp³-hybridized carbons (Fsp3) is 0.0741. The summed E-state index contributed by atoms with van der Waals surface area (Å²) in [5.41, 5.74) is 1.49. The van der Waals surface area contributed by atoms with Crippen molar-refractivity contribution in [3.05, 3.63) is 107 Å². The van der Waals surface area contributed by atoms with E-state index in [4.69, 9.17) is 9.15 Å². The normalized spacial score (nSPS) is 10.9. The molecule has 2 heterocycles. The number of fused-ring (bicyclic) bond motifs is 3. The third kappa shape index (κ3) is 4.49. The van der Waals surface area contributed by atoms with E-state index in [1.165, 1.54) is 6.33 Å². The van der Waals surface area contributed by atoms with Gasteiger partial charge in [0.2, 0.25) is 5.58 Å². The third-order valence-electron chi connectivity index (χ3n) is 5.50. The first-order chi connectivity index (χ1) is 17.5. The van der Waals surface area contributed by atoms with Crippen LogP contribution in [0.2, 0.25) is 0 Å². The summed E-state index contributed by atoms with van der Waals surface area (Å²) in [6.07, 6.45) is 1.24. The number of ether oxygens (including phenoxy) is 1. The molecule has 36 heavy (non-hydrogen) atoms. The van der Waals surface area contributed by atoms with Gasteiger partial charge in [0.25, 0.3) is 11.5 Å². The Morgan fingerprint density at radius 1 is 0.917 bits per heavy atom. The maximum absolute atomic E-state index is 12.8. The number of esters is 1. The summed E-state index contributed by atoms with van der Waals surface area (Å²) >= 11 is 0. The third-order valence-corrected chi connectivity index (χ3v) is 5.50. The largest absolute Gasteiger partial charge is 0.454 e. The highest BCUT2D eigenvalue weighted by molar-refractivity contribution is 6.14. The molecule has 0 aliphatic heterocycles. The molecule has 9 heteroatoms. The average Bonchev–Trinajstić information content (AvgIpc) is 3.29. The minimum absolute atomic E-state index is 0.0314. The molecule has 0 saturated heterocycles. The lowest BCUT2D eigenvalue weighted by Crippen LogP contribution is -2.28. The first-order valence-corrected chi connectivity index (χ1v) is 11.0. The van der Waals surface area contributed by atoms with E-state index in [1.54, 1.807) is 72.8 Å². The van der Waals surface area contributed by atoms with E-state index in [-0.39, 0.29) is 11.4 Å². The van der Waals surface area contributed by atoms with Crippen LogP contribution in [0.25, 0.3) is 22.1 Å². The maximum atomic E-state index is 12.8. The van der Waals surface area contributed by atoms with Crippen LogP contribution in [0.15, 0.2) is 94.4 Å². The number of ketones is 1. The van der Waals surface area contributed by atoms with E-state index in [2.05, 4.69) is 10.3 Å². The summed E-state index contributed by atoms with van der Waals surface area (Å²) in [5.74, 6) is -1.69. The van der Waals surface area contributed by atoms with Crippen LogP contribution in [0, 0.1) is 0 Å². The van der Waals surface area contributed by atoms with Gasteiger partial charge in [0, 0.05) is 16.5 Å². The molecule has 0 bridgehead atoms. The molecule has 178 valence electrons. The first kappa shape index (κ1) is 22.7. The van der Waals surface area contributed by atoms with Crippen molar-refractivity contribution in [3.63, 3.8) is 0 Å². The number of furan rings is 1. The van der Waals surface area contributed by atoms with Crippen molar-refractivity contribution < 1.29 is 23.5 Å². The predicted octanol–water partition coefficient (Wildman–Crippen LogP) is 3.56. The van der Waals surface area contributed by atoms with Gasteiger partial charge in [-0.2, -0.15) is 0 Å². The van der Waals surface area contributed by atoms with Crippen LogP contribution in [-0.4, -0.2) is 33.8 Å². The highest BCUT2D eigenvalue weighted by Crippen LogP contribution is 2.24. The van der Waals surface area contributed by atoms with Gasteiger partial charge in [-0.25, -0.2) is 4.98 Å². The van der Waals surface area contributed by atoms with Gasteiger partial charge >= 0.3 is 5.97 Å². The molecule has 5 aromatic rings. The van der Waals surface area contributed by atoms with Crippen LogP contribution in [0.1, 0.15) is 15.9 Å². The summed E-state index contributed by atoms with van der Waals surface area (Å²) in [6, 6.07) is 22.3. The van der Waals surface area contributed by atoms with Gasteiger partial charge in [0.05, 0.1) is 12.0 Å². The Kier molecular flexibility index (Phi) is 6.10. The maximum Gasteiger partial charge on any atom is 0.326 e. The van der Waals surface area contributed by atoms with Crippen LogP contribution in [0.5, 0.6) is 0 Å². The Morgan fingerprint density at radius 3 is 2.47 bits per heavy atom. The smallest absolute Gasteiger partial charge is 0.326 e. The zero-order valence-corrected chi connectivity index (χ0v) is 18.8. The number of hydrogen-bond acceptors (Lipinski definition) is 7. The van der Waals surface area contributed by atoms with Gasteiger partial charge in [-0.15, -0.1) is 0 Å². The number of carbonyl (C=O) groups excluding carboxylic acids is 3. The van der Waals surface area contributed by atoms with Gasteiger partial charge in [-0.3, -0.25) is 23.7 Å². The molecule has 3 aromatic carbocycles. The molecule has 5 rings (SSSR count). The van der Waals surface area contributed by atoms with Crippen molar-refractivity contribution in [1.29, 1.82) is 0 Å². The lowest BCUT2D eigenvalue weighted by atomic mass is 10.0. The topological polar surface area (TPSA) is 120 Å². The van der Waals surface area contributed by atoms with Gasteiger partial charge in [-0.1, -0.05) is 54.6 Å². The predicted molar refractivity (Wildman–Crippen MR) is 132 cm³/mol. The number of para-hydroxylation sites is 2. The van der Waals surface area contributed by atoms with Crippen LogP contribution >= 0.6 is 0 Å². The fourth-order valence-electron chi connectivity index (χ4n) is 3.78. The molecule has 0 saturated carbocycles. The molecular weight excluding hydrogens is 462 g/mol. The molecule has 0 spiro atoms. The molecule has 0 aliphatic carbocycles. The molecule has 1 amide bonds. The summed E-state index contributed by atoms with van der Waals surface area (Å²) in [4.78, 5) is 54.5. The second kappa shape index (κ2) is 9.67. The molecule has 0 fully saturated rings. The Balaban J connectivity index is 1.24. The van der Waals surface area contributed by atoms with Gasteiger partial charge in [-0.05, 0) is 24.3 Å². The van der Waals surface area contributed by atoms with E-state index < -0.39 is 30.6 Å². The molecule has 0 radical (unpaired) electrons. The van der Waals surface area contributed by atoms with Gasteiger partial charge in [0.15, 0.2) is 12.4 Å². The Morgan fingerprint density at radius 2 is 1.64 bits per heavy atom.